The minimum atomic E-state index is -0.458. The van der Waals surface area contributed by atoms with Crippen LogP contribution in [0.25, 0.3) is 6.08 Å². The third-order valence-corrected chi connectivity index (χ3v) is 3.45. The summed E-state index contributed by atoms with van der Waals surface area (Å²) in [6.07, 6.45) is 4.26. The van der Waals surface area contributed by atoms with Crippen LogP contribution in [-0.4, -0.2) is 23.5 Å². The van der Waals surface area contributed by atoms with E-state index in [0.717, 1.165) is 11.1 Å². The Balaban J connectivity index is 1.71. The van der Waals surface area contributed by atoms with Gasteiger partial charge in [0.25, 0.3) is 5.91 Å². The van der Waals surface area contributed by atoms with Gasteiger partial charge in [0, 0.05) is 6.08 Å². The second kappa shape index (κ2) is 9.38. The van der Waals surface area contributed by atoms with Gasteiger partial charge in [-0.1, -0.05) is 18.2 Å². The molecule has 2 amide bonds. The first-order chi connectivity index (χ1) is 12.5. The zero-order valence-corrected chi connectivity index (χ0v) is 15.2. The van der Waals surface area contributed by atoms with Gasteiger partial charge in [0.1, 0.15) is 11.5 Å². The molecule has 26 heavy (non-hydrogen) atoms. The molecule has 0 aliphatic carbocycles. The van der Waals surface area contributed by atoms with Crippen LogP contribution in [0.15, 0.2) is 47.1 Å². The van der Waals surface area contributed by atoms with Crippen LogP contribution in [0.5, 0.6) is 5.75 Å². The fourth-order valence-corrected chi connectivity index (χ4v) is 2.21. The van der Waals surface area contributed by atoms with Crippen molar-refractivity contribution in [1.29, 1.82) is 0 Å². The molecule has 0 aliphatic heterocycles. The van der Waals surface area contributed by atoms with Gasteiger partial charge in [0.05, 0.1) is 6.26 Å². The second-order valence-corrected chi connectivity index (χ2v) is 5.76. The molecule has 0 atom stereocenters. The SMILES string of the molecule is Cc1cccc(C)c1OCC(=O)NNC(=S)NC(=O)C=Cc1ccco1. The summed E-state index contributed by atoms with van der Waals surface area (Å²) < 4.78 is 10.6. The van der Waals surface area contributed by atoms with E-state index in [9.17, 15) is 9.59 Å². The second-order valence-electron chi connectivity index (χ2n) is 5.35. The van der Waals surface area contributed by atoms with E-state index in [0.29, 0.717) is 11.5 Å². The summed E-state index contributed by atoms with van der Waals surface area (Å²) in [4.78, 5) is 23.5. The lowest BCUT2D eigenvalue weighted by Crippen LogP contribution is -2.49. The van der Waals surface area contributed by atoms with E-state index in [1.165, 1.54) is 18.4 Å². The molecule has 0 spiro atoms. The normalized spacial score (nSPS) is 10.4. The van der Waals surface area contributed by atoms with E-state index in [1.807, 2.05) is 32.0 Å². The number of hydrogen-bond acceptors (Lipinski definition) is 5. The molecule has 3 N–H and O–H groups in total. The van der Waals surface area contributed by atoms with Crippen LogP contribution >= 0.6 is 12.2 Å². The van der Waals surface area contributed by atoms with Gasteiger partial charge in [-0.3, -0.25) is 25.8 Å². The van der Waals surface area contributed by atoms with Gasteiger partial charge in [-0.15, -0.1) is 0 Å². The number of para-hydroxylation sites is 1. The molecule has 2 aromatic rings. The van der Waals surface area contributed by atoms with Crippen molar-refractivity contribution in [3.8, 4) is 5.75 Å². The molecular formula is C18H19N3O4S. The molecule has 136 valence electrons. The highest BCUT2D eigenvalue weighted by molar-refractivity contribution is 7.80. The molecule has 0 saturated heterocycles. The maximum Gasteiger partial charge on any atom is 0.276 e. The Labute approximate surface area is 156 Å². The number of carbonyl (C=O) groups is 2. The zero-order chi connectivity index (χ0) is 18.9. The van der Waals surface area contributed by atoms with Crippen molar-refractivity contribution in [1.82, 2.24) is 16.2 Å². The lowest BCUT2D eigenvalue weighted by atomic mass is 10.1. The van der Waals surface area contributed by atoms with Crippen molar-refractivity contribution in [3.05, 3.63) is 59.6 Å². The minimum Gasteiger partial charge on any atom is -0.483 e. The van der Waals surface area contributed by atoms with Crippen molar-refractivity contribution < 1.29 is 18.7 Å². The van der Waals surface area contributed by atoms with Gasteiger partial charge in [-0.25, -0.2) is 0 Å². The molecule has 2 rings (SSSR count). The maximum atomic E-state index is 11.8. The molecule has 8 heteroatoms. The van der Waals surface area contributed by atoms with Crippen molar-refractivity contribution in [2.75, 3.05) is 6.61 Å². The number of thiocarbonyl (C=S) groups is 1. The first-order valence-corrected chi connectivity index (χ1v) is 8.17. The monoisotopic (exact) mass is 373 g/mol. The van der Waals surface area contributed by atoms with Crippen molar-refractivity contribution in [3.63, 3.8) is 0 Å². The van der Waals surface area contributed by atoms with Gasteiger partial charge in [-0.05, 0) is 55.4 Å². The van der Waals surface area contributed by atoms with Crippen molar-refractivity contribution in [2.24, 2.45) is 0 Å². The van der Waals surface area contributed by atoms with Gasteiger partial charge in [-0.2, -0.15) is 0 Å². The average Bonchev–Trinajstić information content (AvgIpc) is 3.11. The average molecular weight is 373 g/mol. The highest BCUT2D eigenvalue weighted by Gasteiger charge is 2.08. The number of hydrogen-bond donors (Lipinski definition) is 3. The van der Waals surface area contributed by atoms with E-state index < -0.39 is 11.8 Å². The lowest BCUT2D eigenvalue weighted by Gasteiger charge is -2.13. The smallest absolute Gasteiger partial charge is 0.276 e. The van der Waals surface area contributed by atoms with Crippen LogP contribution in [0.4, 0.5) is 0 Å². The Hall–Kier alpha value is -3.13. The molecule has 1 aromatic carbocycles. The number of ether oxygens (including phenoxy) is 1. The summed E-state index contributed by atoms with van der Waals surface area (Å²) in [7, 11) is 0. The zero-order valence-electron chi connectivity index (χ0n) is 14.4. The van der Waals surface area contributed by atoms with Crippen LogP contribution < -0.4 is 20.9 Å². The predicted molar refractivity (Wildman–Crippen MR) is 101 cm³/mol. The number of furan rings is 1. The minimum absolute atomic E-state index is 0.0421. The first kappa shape index (κ1) is 19.2. The fraction of sp³-hybridized carbons (Fsp3) is 0.167. The van der Waals surface area contributed by atoms with E-state index >= 15 is 0 Å². The molecule has 1 heterocycles. The Morgan fingerprint density at radius 3 is 2.54 bits per heavy atom. The number of nitrogens with one attached hydrogen (secondary N) is 3. The molecule has 7 nitrogen and oxygen atoms in total. The maximum absolute atomic E-state index is 11.8. The van der Waals surface area contributed by atoms with E-state index in [4.69, 9.17) is 21.4 Å². The summed E-state index contributed by atoms with van der Waals surface area (Å²) >= 11 is 4.93. The van der Waals surface area contributed by atoms with Crippen LogP contribution in [0, 0.1) is 13.8 Å². The van der Waals surface area contributed by atoms with Crippen LogP contribution in [0.1, 0.15) is 16.9 Å². The highest BCUT2D eigenvalue weighted by atomic mass is 32.1. The van der Waals surface area contributed by atoms with Gasteiger partial charge >= 0.3 is 0 Å². The Morgan fingerprint density at radius 2 is 1.88 bits per heavy atom. The van der Waals surface area contributed by atoms with E-state index in [-0.39, 0.29) is 11.7 Å². The summed E-state index contributed by atoms with van der Waals surface area (Å²) in [6.45, 7) is 3.62. The Kier molecular flexibility index (Phi) is 6.92. The summed E-state index contributed by atoms with van der Waals surface area (Å²) in [5.41, 5.74) is 6.67. The number of aryl methyl sites for hydroxylation is 2. The Bertz CT molecular complexity index is 796. The quantitative estimate of drug-likeness (QED) is 0.422. The number of benzene rings is 1. The summed E-state index contributed by atoms with van der Waals surface area (Å²) in [5, 5.41) is 2.35. The molecule has 0 bridgehead atoms. The molecule has 0 unspecified atom stereocenters. The summed E-state index contributed by atoms with van der Waals surface area (Å²) in [5.74, 6) is 0.313. The van der Waals surface area contributed by atoms with Gasteiger partial charge in [0.2, 0.25) is 5.91 Å². The van der Waals surface area contributed by atoms with Crippen LogP contribution in [-0.2, 0) is 9.59 Å². The van der Waals surface area contributed by atoms with E-state index in [2.05, 4.69) is 16.2 Å². The van der Waals surface area contributed by atoms with Crippen molar-refractivity contribution in [2.45, 2.75) is 13.8 Å². The van der Waals surface area contributed by atoms with E-state index in [1.54, 1.807) is 12.1 Å². The Morgan fingerprint density at radius 1 is 1.15 bits per heavy atom. The molecular weight excluding hydrogens is 354 g/mol. The highest BCUT2D eigenvalue weighted by Crippen LogP contribution is 2.21. The number of rotatable bonds is 5. The fourth-order valence-electron chi connectivity index (χ4n) is 2.06. The molecule has 0 radical (unpaired) electrons. The van der Waals surface area contributed by atoms with Gasteiger partial charge in [0.15, 0.2) is 11.7 Å². The first-order valence-electron chi connectivity index (χ1n) is 7.76. The lowest BCUT2D eigenvalue weighted by molar-refractivity contribution is -0.123. The third-order valence-electron chi connectivity index (χ3n) is 3.25. The summed E-state index contributed by atoms with van der Waals surface area (Å²) in [6, 6.07) is 9.13. The largest absolute Gasteiger partial charge is 0.483 e. The number of hydrazine groups is 1. The molecule has 0 fully saturated rings. The van der Waals surface area contributed by atoms with Crippen molar-refractivity contribution >= 4 is 35.2 Å². The molecule has 1 aromatic heterocycles. The number of amides is 2. The molecule has 0 aliphatic rings. The topological polar surface area (TPSA) is 92.6 Å². The standard InChI is InChI=1S/C18H19N3O4S/c1-12-5-3-6-13(2)17(12)25-11-16(23)20-21-18(26)19-15(22)9-8-14-7-4-10-24-14/h3-10H,11H2,1-2H3,(H,20,23)(H2,19,21,22,26). The van der Waals surface area contributed by atoms with Crippen LogP contribution in [0.2, 0.25) is 0 Å². The number of carbonyl (C=O) groups excluding carboxylic acids is 2. The predicted octanol–water partition coefficient (Wildman–Crippen LogP) is 2.01. The molecule has 0 saturated carbocycles. The van der Waals surface area contributed by atoms with Crippen LogP contribution in [0.3, 0.4) is 0 Å². The van der Waals surface area contributed by atoms with Gasteiger partial charge < -0.3 is 9.15 Å². The third kappa shape index (κ3) is 6.06.